The number of rotatable bonds is 13. The number of aliphatic hydroxyl groups excluding tert-OH is 1. The third-order valence-electron chi connectivity index (χ3n) is 5.93. The number of primary amides is 1. The van der Waals surface area contributed by atoms with E-state index in [-0.39, 0.29) is 18.0 Å². The minimum absolute atomic E-state index is 0.128. The number of aliphatic hydroxyl groups is 1. The maximum atomic E-state index is 14.3. The van der Waals surface area contributed by atoms with Crippen LogP contribution in [0, 0.1) is 11.6 Å². The van der Waals surface area contributed by atoms with Gasteiger partial charge in [-0.3, -0.25) is 4.79 Å². The normalized spacial score (nSPS) is 12.1. The molecule has 1 amide bonds. The van der Waals surface area contributed by atoms with Gasteiger partial charge in [-0.15, -0.1) is 5.10 Å². The number of carbonyl (C=O) groups excluding carboxylic acids is 1. The number of fused-ring (bicyclic) bond motifs is 1. The summed E-state index contributed by atoms with van der Waals surface area (Å²) in [5.74, 6) is -1.94. The monoisotopic (exact) mass is 526 g/mol. The molecule has 11 nitrogen and oxygen atoms in total. The molecule has 2 aromatic carbocycles. The summed E-state index contributed by atoms with van der Waals surface area (Å²) in [4.78, 5) is 22.8. The van der Waals surface area contributed by atoms with Crippen LogP contribution >= 0.6 is 0 Å². The topological polar surface area (TPSA) is 144 Å². The van der Waals surface area contributed by atoms with E-state index >= 15 is 0 Å². The van der Waals surface area contributed by atoms with Crippen molar-refractivity contribution >= 4 is 28.4 Å². The van der Waals surface area contributed by atoms with Crippen LogP contribution in [0.1, 0.15) is 24.9 Å². The Balaban J connectivity index is 1.47. The van der Waals surface area contributed by atoms with E-state index in [2.05, 4.69) is 30.5 Å². The lowest BCUT2D eigenvalue weighted by Crippen LogP contribution is -2.29. The predicted molar refractivity (Wildman–Crippen MR) is 136 cm³/mol. The third-order valence-corrected chi connectivity index (χ3v) is 5.93. The number of nitrogens with one attached hydrogen (secondary N) is 1. The zero-order valence-electron chi connectivity index (χ0n) is 20.7. The molecule has 4 aromatic rings. The summed E-state index contributed by atoms with van der Waals surface area (Å²) in [6.45, 7) is 5.01. The summed E-state index contributed by atoms with van der Waals surface area (Å²) >= 11 is 0. The highest BCUT2D eigenvalue weighted by Crippen LogP contribution is 2.27. The first-order chi connectivity index (χ1) is 18.4. The Kier molecular flexibility index (Phi) is 8.71. The summed E-state index contributed by atoms with van der Waals surface area (Å²) in [5.41, 5.74) is 5.83. The van der Waals surface area contributed by atoms with Gasteiger partial charge in [0.25, 0.3) is 0 Å². The van der Waals surface area contributed by atoms with Gasteiger partial charge in [-0.1, -0.05) is 24.3 Å². The van der Waals surface area contributed by atoms with E-state index in [9.17, 15) is 13.6 Å². The molecular formula is C25H28F2N8O3. The van der Waals surface area contributed by atoms with Crippen LogP contribution in [-0.4, -0.2) is 73.7 Å². The van der Waals surface area contributed by atoms with Gasteiger partial charge in [-0.05, 0) is 31.2 Å². The highest BCUT2D eigenvalue weighted by atomic mass is 19.2. The number of aromatic nitrogens is 5. The average molecular weight is 527 g/mol. The zero-order chi connectivity index (χ0) is 27.1. The van der Waals surface area contributed by atoms with Crippen LogP contribution in [0.15, 0.2) is 48.9 Å². The van der Waals surface area contributed by atoms with Gasteiger partial charge in [0, 0.05) is 30.1 Å². The fourth-order valence-electron chi connectivity index (χ4n) is 4.01. The number of benzene rings is 2. The highest BCUT2D eigenvalue weighted by Gasteiger charge is 2.26. The van der Waals surface area contributed by atoms with Crippen LogP contribution in [0.2, 0.25) is 0 Å². The Hall–Kier alpha value is -4.23. The first kappa shape index (κ1) is 26.8. The van der Waals surface area contributed by atoms with E-state index in [0.717, 1.165) is 30.3 Å². The van der Waals surface area contributed by atoms with Gasteiger partial charge in [-0.25, -0.2) is 23.4 Å². The summed E-state index contributed by atoms with van der Waals surface area (Å²) in [7, 11) is 0. The maximum absolute atomic E-state index is 14.3. The number of nitrogens with two attached hydrogens (primary N) is 1. The number of anilines is 2. The second kappa shape index (κ2) is 12.3. The Morgan fingerprint density at radius 1 is 1.24 bits per heavy atom. The predicted octanol–water partition coefficient (Wildman–Crippen LogP) is 2.40. The van der Waals surface area contributed by atoms with Gasteiger partial charge >= 0.3 is 0 Å². The summed E-state index contributed by atoms with van der Waals surface area (Å²) in [6.07, 6.45) is 3.53. The molecule has 1 atom stereocenters. The SMILES string of the molecule is CCN(CCO)CCCOc1ccc2c(Nc3cn(C(C(N)=O)c4cccc(F)c4F)nn3)ncnc2c1. The summed E-state index contributed by atoms with van der Waals surface area (Å²) < 4.78 is 35.0. The van der Waals surface area contributed by atoms with E-state index in [4.69, 9.17) is 15.6 Å². The number of ether oxygens (including phenoxy) is 1. The second-order valence-corrected chi connectivity index (χ2v) is 8.42. The molecule has 0 spiro atoms. The zero-order valence-corrected chi connectivity index (χ0v) is 20.7. The molecule has 200 valence electrons. The van der Waals surface area contributed by atoms with Gasteiger partial charge in [0.2, 0.25) is 5.91 Å². The van der Waals surface area contributed by atoms with Crippen molar-refractivity contribution in [2.24, 2.45) is 5.73 Å². The molecule has 4 N–H and O–H groups in total. The van der Waals surface area contributed by atoms with Crippen LogP contribution < -0.4 is 15.8 Å². The van der Waals surface area contributed by atoms with E-state index < -0.39 is 23.6 Å². The van der Waals surface area contributed by atoms with Crippen molar-refractivity contribution in [3.63, 3.8) is 0 Å². The highest BCUT2D eigenvalue weighted by molar-refractivity contribution is 5.91. The fraction of sp³-hybridized carbons (Fsp3) is 0.320. The minimum atomic E-state index is -1.40. The molecule has 0 bridgehead atoms. The number of halogens is 2. The summed E-state index contributed by atoms with van der Waals surface area (Å²) in [6, 6.07) is 7.48. The van der Waals surface area contributed by atoms with Crippen molar-refractivity contribution in [2.45, 2.75) is 19.4 Å². The number of amides is 1. The minimum Gasteiger partial charge on any atom is -0.493 e. The maximum Gasteiger partial charge on any atom is 0.247 e. The lowest BCUT2D eigenvalue weighted by molar-refractivity contribution is -0.120. The van der Waals surface area contributed by atoms with E-state index in [1.807, 2.05) is 6.92 Å². The smallest absolute Gasteiger partial charge is 0.247 e. The van der Waals surface area contributed by atoms with E-state index in [0.29, 0.717) is 35.6 Å². The molecule has 0 fully saturated rings. The van der Waals surface area contributed by atoms with Gasteiger partial charge < -0.3 is 25.8 Å². The van der Waals surface area contributed by atoms with Crippen LogP contribution in [-0.2, 0) is 4.79 Å². The number of nitrogens with zero attached hydrogens (tertiary/aromatic N) is 6. The quantitative estimate of drug-likeness (QED) is 0.224. The Morgan fingerprint density at radius 3 is 2.84 bits per heavy atom. The molecular weight excluding hydrogens is 498 g/mol. The van der Waals surface area contributed by atoms with Gasteiger partial charge in [0.05, 0.1) is 24.9 Å². The van der Waals surface area contributed by atoms with Gasteiger partial charge in [0.15, 0.2) is 23.5 Å². The van der Waals surface area contributed by atoms with Gasteiger partial charge in [-0.2, -0.15) is 0 Å². The van der Waals surface area contributed by atoms with Crippen molar-refractivity contribution in [3.05, 3.63) is 66.1 Å². The fourth-order valence-corrected chi connectivity index (χ4v) is 4.01. The third kappa shape index (κ3) is 6.18. The number of carbonyl (C=O) groups is 1. The van der Waals surface area contributed by atoms with Crippen molar-refractivity contribution in [1.29, 1.82) is 0 Å². The molecule has 4 rings (SSSR count). The number of likely N-dealkylation sites (N-methyl/N-ethyl adjacent to an activating group) is 1. The molecule has 2 aromatic heterocycles. The molecule has 0 radical (unpaired) electrons. The molecule has 0 saturated carbocycles. The largest absolute Gasteiger partial charge is 0.493 e. The van der Waals surface area contributed by atoms with Crippen LogP contribution in [0.3, 0.4) is 0 Å². The first-order valence-electron chi connectivity index (χ1n) is 12.0. The first-order valence-corrected chi connectivity index (χ1v) is 12.0. The van der Waals surface area contributed by atoms with Crippen molar-refractivity contribution in [2.75, 3.05) is 38.2 Å². The summed E-state index contributed by atoms with van der Waals surface area (Å²) in [5, 5.41) is 20.6. The molecule has 0 aliphatic carbocycles. The van der Waals surface area contributed by atoms with Crippen molar-refractivity contribution < 1.29 is 23.4 Å². The molecule has 2 heterocycles. The standard InChI is InChI=1S/C25H28F2N8O3/c1-2-34(10-11-36)9-4-12-38-16-7-8-17-20(13-16)29-15-30-25(17)31-21-14-35(33-32-21)23(24(28)37)18-5-3-6-19(26)22(18)27/h3,5-8,13-15,23,36H,2,4,9-12H2,1H3,(H2,28,37)(H,29,30,31). The Bertz CT molecular complexity index is 1400. The van der Waals surface area contributed by atoms with Crippen LogP contribution in [0.25, 0.3) is 10.9 Å². The second-order valence-electron chi connectivity index (χ2n) is 8.42. The van der Waals surface area contributed by atoms with E-state index in [1.165, 1.54) is 24.7 Å². The van der Waals surface area contributed by atoms with Crippen molar-refractivity contribution in [1.82, 2.24) is 29.9 Å². The Labute approximate surface area is 217 Å². The Morgan fingerprint density at radius 2 is 2.08 bits per heavy atom. The van der Waals surface area contributed by atoms with E-state index in [1.54, 1.807) is 18.2 Å². The molecule has 0 aliphatic rings. The molecule has 0 saturated heterocycles. The van der Waals surface area contributed by atoms with Crippen LogP contribution in [0.4, 0.5) is 20.4 Å². The number of hydrogen-bond acceptors (Lipinski definition) is 9. The van der Waals surface area contributed by atoms with Crippen LogP contribution in [0.5, 0.6) is 5.75 Å². The lowest BCUT2D eigenvalue weighted by Gasteiger charge is -2.18. The van der Waals surface area contributed by atoms with Gasteiger partial charge in [0.1, 0.15) is 17.9 Å². The molecule has 13 heteroatoms. The molecule has 0 aliphatic heterocycles. The lowest BCUT2D eigenvalue weighted by atomic mass is 10.1. The molecule has 1 unspecified atom stereocenters. The number of hydrogen-bond donors (Lipinski definition) is 3. The average Bonchev–Trinajstić information content (AvgIpc) is 3.36. The van der Waals surface area contributed by atoms with Crippen molar-refractivity contribution in [3.8, 4) is 5.75 Å². The molecule has 38 heavy (non-hydrogen) atoms.